The number of carbonyl (C=O) groups is 4. The maximum absolute atomic E-state index is 12.5. The highest BCUT2D eigenvalue weighted by molar-refractivity contribution is 6.06. The molecular formula is C25H35N5O8. The van der Waals surface area contributed by atoms with Crippen molar-refractivity contribution >= 4 is 35.6 Å². The number of hydrogen-bond acceptors (Lipinski definition) is 10. The molecule has 2 fully saturated rings. The van der Waals surface area contributed by atoms with Crippen molar-refractivity contribution in [2.75, 3.05) is 50.8 Å². The van der Waals surface area contributed by atoms with Crippen molar-refractivity contribution in [3.63, 3.8) is 0 Å². The number of anilines is 1. The topological polar surface area (TPSA) is 171 Å². The van der Waals surface area contributed by atoms with Crippen LogP contribution < -0.4 is 15.5 Å². The third-order valence-electron chi connectivity index (χ3n) is 6.31. The Labute approximate surface area is 220 Å². The van der Waals surface area contributed by atoms with Crippen LogP contribution in [0.15, 0.2) is 24.3 Å². The number of esters is 2. The van der Waals surface area contributed by atoms with Gasteiger partial charge < -0.3 is 24.6 Å². The van der Waals surface area contributed by atoms with E-state index in [0.29, 0.717) is 50.3 Å². The first-order valence-electron chi connectivity index (χ1n) is 12.6. The summed E-state index contributed by atoms with van der Waals surface area (Å²) in [7, 11) is 0. The molecule has 2 aliphatic heterocycles. The standard InChI is InChI=1S/C25H35N5O8/c1-3-36-20(31)13-25(35)9-11-29(12-10-25)15-19-16-30(24(34)38-19)18-7-5-17(6-8-18)22(26)28-23(33)27-14-21(32)37-4-2/h5-8,19,35H,3-4,9-16H2,1-2H3,(H3,26,27,28,33). The molecule has 13 heteroatoms. The summed E-state index contributed by atoms with van der Waals surface area (Å²) in [6.07, 6.45) is -0.00865. The van der Waals surface area contributed by atoms with Crippen molar-refractivity contribution < 1.29 is 38.5 Å². The average Bonchev–Trinajstić information content (AvgIpc) is 3.24. The Hall–Kier alpha value is -3.71. The van der Waals surface area contributed by atoms with Crippen molar-refractivity contribution in [1.29, 1.82) is 5.41 Å². The largest absolute Gasteiger partial charge is 0.466 e. The molecule has 2 heterocycles. The van der Waals surface area contributed by atoms with Crippen LogP contribution in [0.1, 0.15) is 38.7 Å². The number of aliphatic hydroxyl groups is 1. The first-order valence-corrected chi connectivity index (χ1v) is 12.6. The van der Waals surface area contributed by atoms with Crippen LogP contribution in [0.4, 0.5) is 15.3 Å². The fraction of sp³-hybridized carbons (Fsp3) is 0.560. The maximum atomic E-state index is 12.5. The summed E-state index contributed by atoms with van der Waals surface area (Å²) in [5.41, 5.74) is -0.0800. The molecule has 1 aromatic rings. The van der Waals surface area contributed by atoms with E-state index in [9.17, 15) is 24.3 Å². The number of benzene rings is 1. The fourth-order valence-corrected chi connectivity index (χ4v) is 4.33. The van der Waals surface area contributed by atoms with Crippen molar-refractivity contribution in [3.05, 3.63) is 29.8 Å². The van der Waals surface area contributed by atoms with Crippen LogP contribution in [-0.4, -0.2) is 97.5 Å². The predicted octanol–water partition coefficient (Wildman–Crippen LogP) is 0.980. The third kappa shape index (κ3) is 8.15. The molecule has 0 aromatic heterocycles. The van der Waals surface area contributed by atoms with Crippen LogP contribution in [-0.2, 0) is 23.8 Å². The molecule has 0 radical (unpaired) electrons. The number of cyclic esters (lactones) is 1. The number of rotatable bonds is 10. The molecule has 1 aromatic carbocycles. The van der Waals surface area contributed by atoms with Crippen LogP contribution in [0.2, 0.25) is 0 Å². The molecule has 1 atom stereocenters. The Morgan fingerprint density at radius 2 is 1.74 bits per heavy atom. The highest BCUT2D eigenvalue weighted by atomic mass is 16.6. The van der Waals surface area contributed by atoms with Gasteiger partial charge in [-0.15, -0.1) is 0 Å². The molecule has 0 saturated carbocycles. The van der Waals surface area contributed by atoms with Gasteiger partial charge in [0, 0.05) is 30.9 Å². The number of amides is 3. The van der Waals surface area contributed by atoms with E-state index in [1.54, 1.807) is 38.1 Å². The van der Waals surface area contributed by atoms with Gasteiger partial charge in [0.15, 0.2) is 0 Å². The molecule has 2 saturated heterocycles. The zero-order valence-electron chi connectivity index (χ0n) is 21.7. The summed E-state index contributed by atoms with van der Waals surface area (Å²) in [6.45, 7) is 5.55. The number of carbonyl (C=O) groups excluding carboxylic acids is 4. The number of hydrogen-bond donors (Lipinski definition) is 4. The number of ether oxygens (including phenoxy) is 3. The van der Waals surface area contributed by atoms with Crippen LogP contribution in [0, 0.1) is 5.41 Å². The second kappa shape index (κ2) is 13.2. The van der Waals surface area contributed by atoms with Crippen LogP contribution >= 0.6 is 0 Å². The van der Waals surface area contributed by atoms with Gasteiger partial charge in [-0.1, -0.05) is 0 Å². The Balaban J connectivity index is 1.46. The van der Waals surface area contributed by atoms with Gasteiger partial charge in [-0.05, 0) is 51.0 Å². The van der Waals surface area contributed by atoms with Gasteiger partial charge in [-0.2, -0.15) is 0 Å². The molecule has 3 amide bonds. The molecule has 0 spiro atoms. The number of nitrogens with one attached hydrogen (secondary N) is 3. The summed E-state index contributed by atoms with van der Waals surface area (Å²) in [4.78, 5) is 51.1. The van der Waals surface area contributed by atoms with Gasteiger partial charge in [0.05, 0.1) is 31.8 Å². The van der Waals surface area contributed by atoms with E-state index in [1.807, 2.05) is 0 Å². The zero-order valence-corrected chi connectivity index (χ0v) is 21.7. The first-order chi connectivity index (χ1) is 18.1. The van der Waals surface area contributed by atoms with Gasteiger partial charge >= 0.3 is 24.1 Å². The number of likely N-dealkylation sites (tertiary alicyclic amines) is 1. The number of amidine groups is 1. The monoisotopic (exact) mass is 533 g/mol. The highest BCUT2D eigenvalue weighted by Gasteiger charge is 2.38. The quantitative estimate of drug-likeness (QED) is 0.148. The molecule has 4 N–H and O–H groups in total. The number of nitrogens with zero attached hydrogens (tertiary/aromatic N) is 2. The second-order valence-electron chi connectivity index (χ2n) is 9.16. The molecule has 13 nitrogen and oxygen atoms in total. The SMILES string of the molecule is CCOC(=O)CNC(=O)NC(=N)c1ccc(N2CC(CN3CCC(O)(CC(=O)OCC)CC3)OC2=O)cc1. The second-order valence-corrected chi connectivity index (χ2v) is 9.16. The van der Waals surface area contributed by atoms with E-state index in [4.69, 9.17) is 19.6 Å². The van der Waals surface area contributed by atoms with Gasteiger partial charge in [0.2, 0.25) is 0 Å². The first kappa shape index (κ1) is 28.9. The summed E-state index contributed by atoms with van der Waals surface area (Å²) in [6, 6.07) is 5.79. The van der Waals surface area contributed by atoms with Crippen molar-refractivity contribution in [1.82, 2.24) is 15.5 Å². The Kier molecular flexibility index (Phi) is 10.0. The van der Waals surface area contributed by atoms with Crippen molar-refractivity contribution in [3.8, 4) is 0 Å². The van der Waals surface area contributed by atoms with E-state index in [1.165, 1.54) is 4.90 Å². The Morgan fingerprint density at radius 1 is 1.11 bits per heavy atom. The summed E-state index contributed by atoms with van der Waals surface area (Å²) in [5, 5.41) is 23.4. The smallest absolute Gasteiger partial charge is 0.414 e. The minimum atomic E-state index is -1.08. The molecule has 38 heavy (non-hydrogen) atoms. The molecule has 1 unspecified atom stereocenters. The molecule has 0 aliphatic carbocycles. The van der Waals surface area contributed by atoms with Gasteiger partial charge in [0.1, 0.15) is 18.5 Å². The minimum Gasteiger partial charge on any atom is -0.466 e. The van der Waals surface area contributed by atoms with Crippen LogP contribution in [0.3, 0.4) is 0 Å². The van der Waals surface area contributed by atoms with Gasteiger partial charge in [-0.3, -0.25) is 30.1 Å². The van der Waals surface area contributed by atoms with Crippen molar-refractivity contribution in [2.24, 2.45) is 0 Å². The van der Waals surface area contributed by atoms with E-state index < -0.39 is 29.7 Å². The molecule has 0 bridgehead atoms. The lowest BCUT2D eigenvalue weighted by Gasteiger charge is -2.38. The van der Waals surface area contributed by atoms with Crippen LogP contribution in [0.5, 0.6) is 0 Å². The van der Waals surface area contributed by atoms with Gasteiger partial charge in [0.25, 0.3) is 0 Å². The van der Waals surface area contributed by atoms with E-state index in [-0.39, 0.29) is 38.1 Å². The van der Waals surface area contributed by atoms with Gasteiger partial charge in [-0.25, -0.2) is 9.59 Å². The normalized spacial score (nSPS) is 18.9. The summed E-state index contributed by atoms with van der Waals surface area (Å²) < 4.78 is 15.2. The summed E-state index contributed by atoms with van der Waals surface area (Å²) >= 11 is 0. The van der Waals surface area contributed by atoms with E-state index >= 15 is 0 Å². The lowest BCUT2D eigenvalue weighted by Crippen LogP contribution is -2.48. The number of urea groups is 1. The van der Waals surface area contributed by atoms with Crippen LogP contribution in [0.25, 0.3) is 0 Å². The summed E-state index contributed by atoms with van der Waals surface area (Å²) in [5.74, 6) is -1.16. The lowest BCUT2D eigenvalue weighted by molar-refractivity contribution is -0.150. The minimum absolute atomic E-state index is 0.0257. The zero-order chi connectivity index (χ0) is 27.7. The fourth-order valence-electron chi connectivity index (χ4n) is 4.33. The molecule has 3 rings (SSSR count). The highest BCUT2D eigenvalue weighted by Crippen LogP contribution is 2.28. The lowest BCUT2D eigenvalue weighted by atomic mass is 9.88. The maximum Gasteiger partial charge on any atom is 0.414 e. The third-order valence-corrected chi connectivity index (χ3v) is 6.31. The average molecular weight is 534 g/mol. The van der Waals surface area contributed by atoms with E-state index in [2.05, 4.69) is 15.5 Å². The predicted molar refractivity (Wildman–Crippen MR) is 136 cm³/mol. The Bertz CT molecular complexity index is 1020. The molecule has 2 aliphatic rings. The number of piperidine rings is 1. The molecule has 208 valence electrons. The Morgan fingerprint density at radius 3 is 2.37 bits per heavy atom. The molecular weight excluding hydrogens is 498 g/mol. The van der Waals surface area contributed by atoms with E-state index in [0.717, 1.165) is 0 Å². The van der Waals surface area contributed by atoms with Crippen molar-refractivity contribution in [2.45, 2.75) is 44.8 Å².